The molecule has 0 atom stereocenters. The number of halogens is 1. The van der Waals surface area contributed by atoms with Crippen LogP contribution in [0.25, 0.3) is 0 Å². The molecule has 0 bridgehead atoms. The first kappa shape index (κ1) is 7.89. The molecular formula is C6H10BrN. The molecular weight excluding hydrogens is 166 g/mol. The van der Waals surface area contributed by atoms with Crippen LogP contribution in [0.1, 0.15) is 12.8 Å². The van der Waals surface area contributed by atoms with Gasteiger partial charge in [-0.1, -0.05) is 6.08 Å². The largest absolute Gasteiger partial charge is 0.286 e. The lowest BCUT2D eigenvalue weighted by Gasteiger charge is -1.88. The van der Waals surface area contributed by atoms with Crippen molar-refractivity contribution in [2.75, 3.05) is 7.05 Å². The van der Waals surface area contributed by atoms with E-state index in [1.165, 1.54) is 0 Å². The number of hydrogen-bond donors (Lipinski definition) is 0. The molecule has 0 aliphatic carbocycles. The smallest absolute Gasteiger partial charge is 0.0773 e. The lowest BCUT2D eigenvalue weighted by atomic mass is 10.3. The lowest BCUT2D eigenvalue weighted by molar-refractivity contribution is 1.11. The quantitative estimate of drug-likeness (QED) is 0.462. The average molecular weight is 176 g/mol. The summed E-state index contributed by atoms with van der Waals surface area (Å²) in [5.41, 5.74) is 0. The number of aliphatic imine (C=N–C) groups is 1. The predicted octanol–water partition coefficient (Wildman–Crippen LogP) is 2.38. The van der Waals surface area contributed by atoms with Gasteiger partial charge in [0.05, 0.1) is 4.62 Å². The summed E-state index contributed by atoms with van der Waals surface area (Å²) in [6, 6.07) is 0. The Morgan fingerprint density at radius 3 is 2.88 bits per heavy atom. The van der Waals surface area contributed by atoms with Crippen LogP contribution in [0.3, 0.4) is 0 Å². The topological polar surface area (TPSA) is 12.4 Å². The van der Waals surface area contributed by atoms with Gasteiger partial charge in [-0.2, -0.15) is 0 Å². The molecule has 0 heterocycles. The average Bonchev–Trinajstić information content (AvgIpc) is 1.83. The molecule has 0 rings (SSSR count). The number of allylic oxidation sites excluding steroid dienone is 1. The van der Waals surface area contributed by atoms with E-state index in [1.807, 2.05) is 6.08 Å². The van der Waals surface area contributed by atoms with Crippen LogP contribution in [0, 0.1) is 0 Å². The third kappa shape index (κ3) is 4.06. The highest BCUT2D eigenvalue weighted by molar-refractivity contribution is 9.18. The summed E-state index contributed by atoms with van der Waals surface area (Å²) in [6.07, 6.45) is 3.85. The van der Waals surface area contributed by atoms with Crippen molar-refractivity contribution in [1.82, 2.24) is 0 Å². The molecule has 8 heavy (non-hydrogen) atoms. The normalized spacial score (nSPS) is 11.5. The summed E-state index contributed by atoms with van der Waals surface area (Å²) in [5.74, 6) is 0. The molecule has 0 saturated carbocycles. The van der Waals surface area contributed by atoms with Gasteiger partial charge in [0.2, 0.25) is 0 Å². The Morgan fingerprint density at radius 1 is 1.88 bits per heavy atom. The number of hydrogen-bond acceptors (Lipinski definition) is 1. The first-order chi connectivity index (χ1) is 3.81. The fourth-order valence-electron chi connectivity index (χ4n) is 0.333. The maximum atomic E-state index is 3.91. The number of nitrogens with zero attached hydrogens (tertiary/aromatic N) is 1. The summed E-state index contributed by atoms with van der Waals surface area (Å²) in [7, 11) is 1.77. The third-order valence-corrected chi connectivity index (χ3v) is 1.55. The molecule has 0 spiro atoms. The molecule has 0 fully saturated rings. The zero-order valence-corrected chi connectivity index (χ0v) is 6.61. The summed E-state index contributed by atoms with van der Waals surface area (Å²) >= 11 is 3.28. The van der Waals surface area contributed by atoms with E-state index in [0.717, 1.165) is 17.5 Å². The van der Waals surface area contributed by atoms with Gasteiger partial charge < -0.3 is 0 Å². The fraction of sp³-hybridized carbons (Fsp3) is 0.500. The van der Waals surface area contributed by atoms with Crippen LogP contribution in [0.5, 0.6) is 0 Å². The highest BCUT2D eigenvalue weighted by atomic mass is 79.9. The molecule has 0 aromatic carbocycles. The van der Waals surface area contributed by atoms with E-state index in [0.29, 0.717) is 0 Å². The molecule has 0 aromatic rings. The molecule has 0 saturated heterocycles. The second kappa shape index (κ2) is 5.04. The van der Waals surface area contributed by atoms with E-state index in [1.54, 1.807) is 7.05 Å². The minimum atomic E-state index is 0.972. The van der Waals surface area contributed by atoms with Crippen molar-refractivity contribution in [2.45, 2.75) is 12.8 Å². The predicted molar refractivity (Wildman–Crippen MR) is 41.7 cm³/mol. The van der Waals surface area contributed by atoms with Gasteiger partial charge in [-0.15, -0.1) is 6.58 Å². The second-order valence-corrected chi connectivity index (χ2v) is 2.34. The first-order valence-corrected chi connectivity index (χ1v) is 3.32. The van der Waals surface area contributed by atoms with Crippen molar-refractivity contribution < 1.29 is 0 Å². The van der Waals surface area contributed by atoms with Crippen molar-refractivity contribution in [2.24, 2.45) is 4.99 Å². The molecule has 0 radical (unpaired) electrons. The van der Waals surface area contributed by atoms with Crippen molar-refractivity contribution in [3.63, 3.8) is 0 Å². The molecule has 1 nitrogen and oxygen atoms in total. The van der Waals surface area contributed by atoms with Crippen molar-refractivity contribution >= 4 is 20.6 Å². The van der Waals surface area contributed by atoms with Gasteiger partial charge in [-0.05, 0) is 28.8 Å². The van der Waals surface area contributed by atoms with Gasteiger partial charge >= 0.3 is 0 Å². The van der Waals surface area contributed by atoms with Gasteiger partial charge in [0.1, 0.15) is 0 Å². The van der Waals surface area contributed by atoms with Crippen LogP contribution < -0.4 is 0 Å². The highest BCUT2D eigenvalue weighted by Gasteiger charge is 1.86. The van der Waals surface area contributed by atoms with E-state index in [4.69, 9.17) is 0 Å². The zero-order valence-electron chi connectivity index (χ0n) is 5.02. The molecule has 0 aromatic heterocycles. The van der Waals surface area contributed by atoms with E-state index < -0.39 is 0 Å². The fourth-order valence-corrected chi connectivity index (χ4v) is 0.562. The Morgan fingerprint density at radius 2 is 2.50 bits per heavy atom. The van der Waals surface area contributed by atoms with Crippen molar-refractivity contribution in [1.29, 1.82) is 0 Å². The molecule has 0 N–H and O–H groups in total. The van der Waals surface area contributed by atoms with Crippen LogP contribution in [-0.4, -0.2) is 11.7 Å². The molecule has 0 aliphatic heterocycles. The van der Waals surface area contributed by atoms with Gasteiger partial charge in [0, 0.05) is 7.05 Å². The summed E-state index contributed by atoms with van der Waals surface area (Å²) in [5, 5.41) is 0. The van der Waals surface area contributed by atoms with Crippen molar-refractivity contribution in [3.8, 4) is 0 Å². The Kier molecular flexibility index (Phi) is 4.97. The van der Waals surface area contributed by atoms with Crippen molar-refractivity contribution in [3.05, 3.63) is 12.7 Å². The molecule has 46 valence electrons. The van der Waals surface area contributed by atoms with Crippen LogP contribution in [-0.2, 0) is 0 Å². The maximum Gasteiger partial charge on any atom is 0.0773 e. The highest BCUT2D eigenvalue weighted by Crippen LogP contribution is 1.98. The SMILES string of the molecule is C=CCCC(Br)=NC. The Hall–Kier alpha value is -0.110. The first-order valence-electron chi connectivity index (χ1n) is 2.53. The van der Waals surface area contributed by atoms with Gasteiger partial charge in [0.15, 0.2) is 0 Å². The van der Waals surface area contributed by atoms with Crippen LogP contribution >= 0.6 is 15.9 Å². The van der Waals surface area contributed by atoms with E-state index in [-0.39, 0.29) is 0 Å². The molecule has 0 aliphatic rings. The third-order valence-electron chi connectivity index (χ3n) is 0.797. The maximum absolute atomic E-state index is 3.91. The van der Waals surface area contributed by atoms with Gasteiger partial charge in [-0.3, -0.25) is 4.99 Å². The number of rotatable bonds is 3. The summed E-state index contributed by atoms with van der Waals surface area (Å²) in [6.45, 7) is 3.59. The minimum absolute atomic E-state index is 0.972. The molecule has 0 unspecified atom stereocenters. The van der Waals surface area contributed by atoms with E-state index in [9.17, 15) is 0 Å². The molecule has 0 amide bonds. The van der Waals surface area contributed by atoms with Gasteiger partial charge in [0.25, 0.3) is 0 Å². The standard InChI is InChI=1S/C6H10BrN/c1-3-4-5-6(7)8-2/h3H,1,4-5H2,2H3. The summed E-state index contributed by atoms with van der Waals surface area (Å²) in [4.78, 5) is 3.91. The second-order valence-electron chi connectivity index (χ2n) is 1.43. The summed E-state index contributed by atoms with van der Waals surface area (Å²) < 4.78 is 1.01. The monoisotopic (exact) mass is 175 g/mol. The minimum Gasteiger partial charge on any atom is -0.286 e. The van der Waals surface area contributed by atoms with Crippen LogP contribution in [0.4, 0.5) is 0 Å². The Bertz CT molecular complexity index is 96.7. The van der Waals surface area contributed by atoms with E-state index >= 15 is 0 Å². The molecule has 2 heteroatoms. The Balaban J connectivity index is 3.24. The Labute approximate surface area is 58.6 Å². The van der Waals surface area contributed by atoms with Gasteiger partial charge in [-0.25, -0.2) is 0 Å². The van der Waals surface area contributed by atoms with E-state index in [2.05, 4.69) is 27.5 Å². The van der Waals surface area contributed by atoms with Crippen LogP contribution in [0.2, 0.25) is 0 Å². The zero-order chi connectivity index (χ0) is 6.41. The lowest BCUT2D eigenvalue weighted by Crippen LogP contribution is -1.82. The van der Waals surface area contributed by atoms with Crippen LogP contribution in [0.15, 0.2) is 17.6 Å².